The topological polar surface area (TPSA) is 92.3 Å². The molecule has 2 rings (SSSR count). The Morgan fingerprint density at radius 3 is 2.56 bits per heavy atom. The molecule has 0 aliphatic carbocycles. The average Bonchev–Trinajstić information content (AvgIpc) is 3.04. The van der Waals surface area contributed by atoms with Crippen LogP contribution in [0.3, 0.4) is 0 Å². The van der Waals surface area contributed by atoms with Crippen molar-refractivity contribution in [3.8, 4) is 0 Å². The van der Waals surface area contributed by atoms with E-state index in [9.17, 15) is 18.0 Å². The van der Waals surface area contributed by atoms with E-state index in [0.29, 0.717) is 14.8 Å². The van der Waals surface area contributed by atoms with Crippen molar-refractivity contribution in [1.82, 2.24) is 10.0 Å². The van der Waals surface area contributed by atoms with E-state index in [1.165, 1.54) is 30.5 Å². The number of Topliss-reactive ketones (excluding diaryl/α,β-unsaturated/α-hetero) is 1. The Hall–Kier alpha value is -1.74. The number of ketones is 1. The molecule has 1 aromatic carbocycles. The predicted molar refractivity (Wildman–Crippen MR) is 97.4 cm³/mol. The first-order valence-electron chi connectivity index (χ1n) is 7.39. The van der Waals surface area contributed by atoms with Crippen molar-refractivity contribution in [2.24, 2.45) is 0 Å². The molecule has 25 heavy (non-hydrogen) atoms. The van der Waals surface area contributed by atoms with Gasteiger partial charge in [-0.05, 0) is 36.9 Å². The van der Waals surface area contributed by atoms with Gasteiger partial charge in [0, 0.05) is 19.4 Å². The molecule has 2 N–H and O–H groups in total. The van der Waals surface area contributed by atoms with Gasteiger partial charge in [-0.1, -0.05) is 23.7 Å². The number of benzene rings is 1. The van der Waals surface area contributed by atoms with E-state index >= 15 is 0 Å². The van der Waals surface area contributed by atoms with Crippen LogP contribution in [-0.2, 0) is 21.4 Å². The van der Waals surface area contributed by atoms with Crippen LogP contribution >= 0.6 is 22.9 Å². The van der Waals surface area contributed by atoms with Gasteiger partial charge in [0.15, 0.2) is 5.78 Å². The molecular formula is C16H17ClN2O4S2. The Morgan fingerprint density at radius 2 is 1.92 bits per heavy atom. The smallest absolute Gasteiger partial charge is 0.240 e. The SMILES string of the molecule is CNS(=O)(=O)c1cccc(CNC(=O)CCC(=O)c2ccc(Cl)s2)c1. The van der Waals surface area contributed by atoms with Crippen LogP contribution in [0, 0.1) is 0 Å². The summed E-state index contributed by atoms with van der Waals surface area (Å²) in [6.45, 7) is 0.185. The summed E-state index contributed by atoms with van der Waals surface area (Å²) >= 11 is 6.96. The minimum absolute atomic E-state index is 0.0584. The number of hydrogen-bond acceptors (Lipinski definition) is 5. The molecule has 6 nitrogen and oxygen atoms in total. The molecule has 1 aromatic heterocycles. The number of thiophene rings is 1. The number of halogens is 1. The number of hydrogen-bond donors (Lipinski definition) is 2. The van der Waals surface area contributed by atoms with Gasteiger partial charge in [-0.2, -0.15) is 0 Å². The van der Waals surface area contributed by atoms with E-state index in [4.69, 9.17) is 11.6 Å². The first-order valence-corrected chi connectivity index (χ1v) is 10.1. The van der Waals surface area contributed by atoms with Crippen LogP contribution in [0.1, 0.15) is 28.1 Å². The number of amides is 1. The van der Waals surface area contributed by atoms with Crippen molar-refractivity contribution in [3.05, 3.63) is 51.2 Å². The third-order valence-electron chi connectivity index (χ3n) is 3.39. The zero-order chi connectivity index (χ0) is 18.4. The van der Waals surface area contributed by atoms with E-state index in [2.05, 4.69) is 10.0 Å². The number of nitrogens with one attached hydrogen (secondary N) is 2. The lowest BCUT2D eigenvalue weighted by molar-refractivity contribution is -0.121. The Morgan fingerprint density at radius 1 is 1.16 bits per heavy atom. The molecule has 1 heterocycles. The molecule has 0 radical (unpaired) electrons. The van der Waals surface area contributed by atoms with Crippen LogP contribution in [0.15, 0.2) is 41.3 Å². The summed E-state index contributed by atoms with van der Waals surface area (Å²) in [4.78, 5) is 24.5. The van der Waals surface area contributed by atoms with Gasteiger partial charge >= 0.3 is 0 Å². The maximum atomic E-state index is 11.9. The van der Waals surface area contributed by atoms with Crippen LogP contribution in [0.4, 0.5) is 0 Å². The summed E-state index contributed by atoms with van der Waals surface area (Å²) in [6.07, 6.45) is 0.152. The largest absolute Gasteiger partial charge is 0.352 e. The van der Waals surface area contributed by atoms with Crippen LogP contribution in [-0.4, -0.2) is 27.2 Å². The fourth-order valence-electron chi connectivity index (χ4n) is 2.04. The van der Waals surface area contributed by atoms with Gasteiger partial charge in [-0.15, -0.1) is 11.3 Å². The van der Waals surface area contributed by atoms with E-state index in [0.717, 1.165) is 0 Å². The van der Waals surface area contributed by atoms with Crippen LogP contribution in [0.2, 0.25) is 4.34 Å². The van der Waals surface area contributed by atoms with Crippen molar-refractivity contribution in [2.45, 2.75) is 24.3 Å². The minimum Gasteiger partial charge on any atom is -0.352 e. The molecule has 1 amide bonds. The maximum absolute atomic E-state index is 11.9. The van der Waals surface area contributed by atoms with Gasteiger partial charge in [-0.3, -0.25) is 9.59 Å². The molecule has 0 unspecified atom stereocenters. The van der Waals surface area contributed by atoms with Crippen LogP contribution in [0.5, 0.6) is 0 Å². The molecule has 0 atom stereocenters. The first-order chi connectivity index (χ1) is 11.8. The van der Waals surface area contributed by atoms with Gasteiger partial charge in [0.05, 0.1) is 14.1 Å². The van der Waals surface area contributed by atoms with Gasteiger partial charge in [-0.25, -0.2) is 13.1 Å². The average molecular weight is 401 g/mol. The van der Waals surface area contributed by atoms with Gasteiger partial charge in [0.25, 0.3) is 0 Å². The zero-order valence-electron chi connectivity index (χ0n) is 13.4. The van der Waals surface area contributed by atoms with Gasteiger partial charge in [0.2, 0.25) is 15.9 Å². The standard InChI is InChI=1S/C16H17ClN2O4S2/c1-18-25(22,23)12-4-2-3-11(9-12)10-19-16(21)8-5-13(20)14-6-7-15(17)24-14/h2-4,6-7,9,18H,5,8,10H2,1H3,(H,19,21). The highest BCUT2D eigenvalue weighted by Gasteiger charge is 2.13. The lowest BCUT2D eigenvalue weighted by atomic mass is 10.2. The van der Waals surface area contributed by atoms with Crippen molar-refractivity contribution in [3.63, 3.8) is 0 Å². The second-order valence-electron chi connectivity index (χ2n) is 5.16. The van der Waals surface area contributed by atoms with Crippen molar-refractivity contribution in [2.75, 3.05) is 7.05 Å². The summed E-state index contributed by atoms with van der Waals surface area (Å²) in [5.41, 5.74) is 0.654. The molecule has 0 bridgehead atoms. The number of carbonyl (C=O) groups is 2. The number of carbonyl (C=O) groups excluding carboxylic acids is 2. The third-order valence-corrected chi connectivity index (χ3v) is 6.08. The Bertz CT molecular complexity index is 878. The molecule has 0 saturated heterocycles. The highest BCUT2D eigenvalue weighted by atomic mass is 35.5. The summed E-state index contributed by atoms with van der Waals surface area (Å²) in [5.74, 6) is -0.410. The van der Waals surface area contributed by atoms with E-state index in [-0.39, 0.29) is 36.0 Å². The number of rotatable bonds is 8. The zero-order valence-corrected chi connectivity index (χ0v) is 15.8. The quantitative estimate of drug-likeness (QED) is 0.666. The lowest BCUT2D eigenvalue weighted by Gasteiger charge is -2.07. The van der Waals surface area contributed by atoms with Crippen LogP contribution < -0.4 is 10.0 Å². The van der Waals surface area contributed by atoms with E-state index in [1.54, 1.807) is 24.3 Å². The Balaban J connectivity index is 1.86. The third kappa shape index (κ3) is 5.64. The highest BCUT2D eigenvalue weighted by molar-refractivity contribution is 7.89. The van der Waals surface area contributed by atoms with E-state index in [1.807, 2.05) is 0 Å². The predicted octanol–water partition coefficient (Wildman–Crippen LogP) is 2.59. The van der Waals surface area contributed by atoms with Gasteiger partial charge in [0.1, 0.15) is 0 Å². The van der Waals surface area contributed by atoms with Crippen molar-refractivity contribution >= 4 is 44.7 Å². The van der Waals surface area contributed by atoms with Gasteiger partial charge < -0.3 is 5.32 Å². The first kappa shape index (κ1) is 19.6. The van der Waals surface area contributed by atoms with Crippen LogP contribution in [0.25, 0.3) is 0 Å². The molecule has 134 valence electrons. The van der Waals surface area contributed by atoms with Crippen molar-refractivity contribution < 1.29 is 18.0 Å². The second kappa shape index (κ2) is 8.57. The Kier molecular flexibility index (Phi) is 6.71. The summed E-state index contributed by atoms with van der Waals surface area (Å²) in [6, 6.07) is 9.57. The van der Waals surface area contributed by atoms with E-state index < -0.39 is 10.0 Å². The summed E-state index contributed by atoms with van der Waals surface area (Å²) in [7, 11) is -2.19. The Labute approximate surface area is 155 Å². The minimum atomic E-state index is -3.53. The molecular weight excluding hydrogens is 384 g/mol. The monoisotopic (exact) mass is 400 g/mol. The molecule has 2 aromatic rings. The molecule has 0 spiro atoms. The molecule has 9 heteroatoms. The normalized spacial score (nSPS) is 11.3. The second-order valence-corrected chi connectivity index (χ2v) is 8.76. The molecule has 0 aliphatic rings. The summed E-state index contributed by atoms with van der Waals surface area (Å²) in [5, 5.41) is 2.68. The molecule has 0 aliphatic heterocycles. The molecule has 0 saturated carbocycles. The fourth-order valence-corrected chi connectivity index (χ4v) is 3.85. The lowest BCUT2D eigenvalue weighted by Crippen LogP contribution is -2.23. The maximum Gasteiger partial charge on any atom is 0.240 e. The fraction of sp³-hybridized carbons (Fsp3) is 0.250. The van der Waals surface area contributed by atoms with Crippen molar-refractivity contribution in [1.29, 1.82) is 0 Å². The highest BCUT2D eigenvalue weighted by Crippen LogP contribution is 2.22. The number of sulfonamides is 1. The molecule has 0 fully saturated rings. The summed E-state index contributed by atoms with van der Waals surface area (Å²) < 4.78 is 26.3.